The zero-order valence-electron chi connectivity index (χ0n) is 12.7. The van der Waals surface area contributed by atoms with Gasteiger partial charge in [-0.05, 0) is 48.7 Å². The lowest BCUT2D eigenvalue weighted by Crippen LogP contribution is -2.31. The molecule has 1 heterocycles. The van der Waals surface area contributed by atoms with Gasteiger partial charge in [-0.15, -0.1) is 0 Å². The monoisotopic (exact) mass is 330 g/mol. The molecule has 2 rings (SSSR count). The van der Waals surface area contributed by atoms with Crippen LogP contribution in [0.5, 0.6) is 0 Å². The van der Waals surface area contributed by atoms with Crippen LogP contribution in [-0.4, -0.2) is 28.6 Å². The lowest BCUT2D eigenvalue weighted by molar-refractivity contribution is -0.305. The molecule has 1 aromatic carbocycles. The van der Waals surface area contributed by atoms with E-state index < -0.39 is 5.97 Å². The lowest BCUT2D eigenvalue weighted by Gasteiger charge is -2.12. The van der Waals surface area contributed by atoms with Gasteiger partial charge in [0, 0.05) is 12.5 Å². The third-order valence-corrected chi connectivity index (χ3v) is 4.10. The maximum absolute atomic E-state index is 12.2. The Hall–Kier alpha value is -2.34. The fraction of sp³-hybridized carbons (Fsp3) is 0.235. The molecule has 0 saturated carbocycles. The molecule has 0 spiro atoms. The van der Waals surface area contributed by atoms with Gasteiger partial charge in [-0.2, -0.15) is 0 Å². The van der Waals surface area contributed by atoms with Crippen molar-refractivity contribution in [3.8, 4) is 0 Å². The molecule has 0 atom stereocenters. The number of imide groups is 1. The van der Waals surface area contributed by atoms with E-state index in [9.17, 15) is 19.5 Å². The van der Waals surface area contributed by atoms with Gasteiger partial charge in [0.2, 0.25) is 0 Å². The minimum atomic E-state index is -1.19. The largest absolute Gasteiger partial charge is 0.550 e. The number of nitrogens with zero attached hydrogens (tertiary/aromatic N) is 1. The molecule has 1 aliphatic heterocycles. The average molecular weight is 330 g/mol. The SMILES string of the molecule is CC(=C/c1ccccc1)/C=C1\SC(=O)N(CCCC(=O)[O-])C1=O. The number of carbonyl (C=O) groups excluding carboxylic acids is 3. The van der Waals surface area contributed by atoms with Crippen LogP contribution >= 0.6 is 11.8 Å². The molecule has 0 N–H and O–H groups in total. The third-order valence-electron chi connectivity index (χ3n) is 3.19. The minimum Gasteiger partial charge on any atom is -0.550 e. The first-order valence-corrected chi connectivity index (χ1v) is 7.97. The van der Waals surface area contributed by atoms with Gasteiger partial charge >= 0.3 is 0 Å². The summed E-state index contributed by atoms with van der Waals surface area (Å²) in [4.78, 5) is 35.9. The van der Waals surface area contributed by atoms with Gasteiger partial charge in [-0.25, -0.2) is 0 Å². The summed E-state index contributed by atoms with van der Waals surface area (Å²) < 4.78 is 0. The van der Waals surface area contributed by atoms with Crippen LogP contribution in [0.2, 0.25) is 0 Å². The molecule has 1 fully saturated rings. The van der Waals surface area contributed by atoms with E-state index in [4.69, 9.17) is 0 Å². The third kappa shape index (κ3) is 4.82. The fourth-order valence-electron chi connectivity index (χ4n) is 2.13. The molecule has 1 aliphatic rings. The number of aliphatic carboxylic acids is 1. The highest BCUT2D eigenvalue weighted by molar-refractivity contribution is 8.18. The molecule has 0 bridgehead atoms. The molecule has 6 heteroatoms. The summed E-state index contributed by atoms with van der Waals surface area (Å²) in [5.74, 6) is -1.56. The van der Waals surface area contributed by atoms with Crippen LogP contribution in [0.25, 0.3) is 6.08 Å². The van der Waals surface area contributed by atoms with Gasteiger partial charge < -0.3 is 9.90 Å². The number of thioether (sulfide) groups is 1. The number of carboxylic acids is 1. The molecule has 0 radical (unpaired) electrons. The summed E-state index contributed by atoms with van der Waals surface area (Å²) in [6.07, 6.45) is 3.63. The molecule has 0 aromatic heterocycles. The number of benzene rings is 1. The number of rotatable bonds is 6. The Labute approximate surface area is 138 Å². The second kappa shape index (κ2) is 7.78. The van der Waals surface area contributed by atoms with Gasteiger partial charge in [-0.3, -0.25) is 14.5 Å². The summed E-state index contributed by atoms with van der Waals surface area (Å²) in [7, 11) is 0. The normalized spacial score (nSPS) is 17.2. The molecule has 5 nitrogen and oxygen atoms in total. The van der Waals surface area contributed by atoms with E-state index in [1.807, 2.05) is 43.3 Å². The molecular formula is C17H16NO4S-. The Balaban J connectivity index is 2.06. The van der Waals surface area contributed by atoms with E-state index in [-0.39, 0.29) is 30.5 Å². The van der Waals surface area contributed by atoms with E-state index in [2.05, 4.69) is 0 Å². The Morgan fingerprint density at radius 3 is 2.61 bits per heavy atom. The van der Waals surface area contributed by atoms with Crippen molar-refractivity contribution in [3.05, 3.63) is 52.4 Å². The molecular weight excluding hydrogens is 314 g/mol. The van der Waals surface area contributed by atoms with Crippen LogP contribution in [-0.2, 0) is 9.59 Å². The highest BCUT2D eigenvalue weighted by atomic mass is 32.2. The Morgan fingerprint density at radius 1 is 1.26 bits per heavy atom. The van der Waals surface area contributed by atoms with Gasteiger partial charge in [-0.1, -0.05) is 36.4 Å². The molecule has 0 unspecified atom stereocenters. The summed E-state index contributed by atoms with van der Waals surface area (Å²) in [6, 6.07) is 9.66. The van der Waals surface area contributed by atoms with E-state index in [0.29, 0.717) is 4.91 Å². The van der Waals surface area contributed by atoms with Crippen molar-refractivity contribution in [2.24, 2.45) is 0 Å². The standard InChI is InChI=1S/C17H17NO4S/c1-12(10-13-6-3-2-4-7-13)11-14-16(21)18(17(22)23-14)9-5-8-15(19)20/h2-4,6-7,10-11H,5,8-9H2,1H3,(H,19,20)/p-1/b12-10-,14-11-. The molecule has 1 saturated heterocycles. The number of allylic oxidation sites excluding steroid dienone is 2. The average Bonchev–Trinajstić information content (AvgIpc) is 2.75. The highest BCUT2D eigenvalue weighted by Crippen LogP contribution is 2.31. The number of carbonyl (C=O) groups is 3. The number of hydrogen-bond donors (Lipinski definition) is 0. The van der Waals surface area contributed by atoms with Crippen LogP contribution in [0.15, 0.2) is 46.9 Å². The van der Waals surface area contributed by atoms with Crippen LogP contribution in [0.1, 0.15) is 25.3 Å². The predicted molar refractivity (Wildman–Crippen MR) is 87.1 cm³/mol. The first kappa shape index (κ1) is 17.0. The van der Waals surface area contributed by atoms with Gasteiger partial charge in [0.1, 0.15) is 0 Å². The first-order valence-electron chi connectivity index (χ1n) is 7.16. The van der Waals surface area contributed by atoms with Crippen molar-refractivity contribution in [1.29, 1.82) is 0 Å². The second-order valence-electron chi connectivity index (χ2n) is 5.11. The Morgan fingerprint density at radius 2 is 1.96 bits per heavy atom. The second-order valence-corrected chi connectivity index (χ2v) is 6.10. The van der Waals surface area contributed by atoms with Crippen molar-refractivity contribution < 1.29 is 19.5 Å². The summed E-state index contributed by atoms with van der Waals surface area (Å²) in [5.41, 5.74) is 1.87. The molecule has 23 heavy (non-hydrogen) atoms. The molecule has 120 valence electrons. The minimum absolute atomic E-state index is 0.0947. The summed E-state index contributed by atoms with van der Waals surface area (Å²) in [6.45, 7) is 1.95. The summed E-state index contributed by atoms with van der Waals surface area (Å²) in [5, 5.41) is 10.0. The van der Waals surface area contributed by atoms with E-state index in [1.165, 1.54) is 0 Å². The van der Waals surface area contributed by atoms with E-state index >= 15 is 0 Å². The molecule has 1 aromatic rings. The van der Waals surface area contributed by atoms with Crippen LogP contribution in [0, 0.1) is 0 Å². The van der Waals surface area contributed by atoms with Crippen LogP contribution in [0.3, 0.4) is 0 Å². The van der Waals surface area contributed by atoms with E-state index in [0.717, 1.165) is 27.8 Å². The molecule has 2 amide bonds. The predicted octanol–water partition coefficient (Wildman–Crippen LogP) is 2.20. The highest BCUT2D eigenvalue weighted by Gasteiger charge is 2.34. The maximum Gasteiger partial charge on any atom is 0.293 e. The van der Waals surface area contributed by atoms with Crippen LogP contribution in [0.4, 0.5) is 4.79 Å². The zero-order chi connectivity index (χ0) is 16.8. The van der Waals surface area contributed by atoms with Crippen molar-refractivity contribution in [2.45, 2.75) is 19.8 Å². The fourth-order valence-corrected chi connectivity index (χ4v) is 3.05. The van der Waals surface area contributed by atoms with Crippen molar-refractivity contribution in [3.63, 3.8) is 0 Å². The maximum atomic E-state index is 12.2. The topological polar surface area (TPSA) is 77.5 Å². The Kier molecular flexibility index (Phi) is 5.76. The zero-order valence-corrected chi connectivity index (χ0v) is 13.5. The number of carboxylic acid groups (broad SMARTS) is 1. The number of amides is 2. The van der Waals surface area contributed by atoms with Gasteiger partial charge in [0.05, 0.1) is 4.91 Å². The van der Waals surface area contributed by atoms with Gasteiger partial charge in [0.15, 0.2) is 0 Å². The smallest absolute Gasteiger partial charge is 0.293 e. The van der Waals surface area contributed by atoms with Crippen LogP contribution < -0.4 is 5.11 Å². The van der Waals surface area contributed by atoms with Crippen molar-refractivity contribution >= 4 is 35.0 Å². The molecule has 0 aliphatic carbocycles. The quantitative estimate of drug-likeness (QED) is 0.747. The first-order chi connectivity index (χ1) is 11.0. The number of hydrogen-bond acceptors (Lipinski definition) is 5. The Bertz CT molecular complexity index is 679. The van der Waals surface area contributed by atoms with Crippen molar-refractivity contribution in [1.82, 2.24) is 4.90 Å². The summed E-state index contributed by atoms with van der Waals surface area (Å²) >= 11 is 0.874. The van der Waals surface area contributed by atoms with E-state index in [1.54, 1.807) is 6.08 Å². The van der Waals surface area contributed by atoms with Gasteiger partial charge in [0.25, 0.3) is 11.1 Å². The van der Waals surface area contributed by atoms with Crippen molar-refractivity contribution in [2.75, 3.05) is 6.54 Å². The lowest BCUT2D eigenvalue weighted by atomic mass is 10.1.